The van der Waals surface area contributed by atoms with Crippen molar-refractivity contribution in [1.82, 2.24) is 4.98 Å². The van der Waals surface area contributed by atoms with Crippen molar-refractivity contribution in [2.45, 2.75) is 0 Å². The summed E-state index contributed by atoms with van der Waals surface area (Å²) in [4.78, 5) is 4.37. The molecular weight excluding hydrogens is 683 g/mol. The van der Waals surface area contributed by atoms with Gasteiger partial charge in [0.2, 0.25) is 0 Å². The average molecular weight is 716 g/mol. The van der Waals surface area contributed by atoms with Crippen LogP contribution in [0.1, 0.15) is 0 Å². The number of hydrogen-bond donors (Lipinski definition) is 0. The summed E-state index contributed by atoms with van der Waals surface area (Å²) >= 11 is 1.82. The Kier molecular flexibility index (Phi) is 7.43. The molecule has 0 atom stereocenters. The van der Waals surface area contributed by atoms with Crippen LogP contribution in [0.15, 0.2) is 200 Å². The molecule has 0 radical (unpaired) electrons. The molecule has 11 aromatic rings. The summed E-state index contributed by atoms with van der Waals surface area (Å²) in [5.41, 5.74) is 12.2. The Labute approximate surface area is 323 Å². The van der Waals surface area contributed by atoms with Gasteiger partial charge in [0.15, 0.2) is 0 Å². The van der Waals surface area contributed by atoms with Crippen LogP contribution in [-0.4, -0.2) is 4.98 Å². The minimum atomic E-state index is 1.20. The molecule has 0 aliphatic carbocycles. The van der Waals surface area contributed by atoms with E-state index in [1.54, 1.807) is 0 Å². The number of thiophene rings is 1. The van der Waals surface area contributed by atoms with E-state index >= 15 is 0 Å². The quantitative estimate of drug-likeness (QED) is 0.162. The van der Waals surface area contributed by atoms with Gasteiger partial charge in [-0.25, -0.2) is 0 Å². The highest BCUT2D eigenvalue weighted by Gasteiger charge is 2.13. The van der Waals surface area contributed by atoms with Crippen molar-refractivity contribution in [2.24, 2.45) is 0 Å². The van der Waals surface area contributed by atoms with Gasteiger partial charge in [-0.2, -0.15) is 0 Å². The van der Waals surface area contributed by atoms with Crippen LogP contribution in [0.2, 0.25) is 0 Å². The molecular formula is C53H33NS. The molecule has 0 N–H and O–H groups in total. The minimum Gasteiger partial charge on any atom is -0.263 e. The number of pyridine rings is 1. The maximum Gasteiger partial charge on any atom is 0.0538 e. The van der Waals surface area contributed by atoms with E-state index in [-0.39, 0.29) is 0 Å². The first kappa shape index (κ1) is 31.6. The van der Waals surface area contributed by atoms with E-state index in [9.17, 15) is 0 Å². The Morgan fingerprint density at radius 1 is 0.291 bits per heavy atom. The van der Waals surface area contributed by atoms with E-state index in [4.69, 9.17) is 0 Å². The van der Waals surface area contributed by atoms with Crippen LogP contribution in [0.25, 0.3) is 108 Å². The molecule has 11 rings (SSSR count). The van der Waals surface area contributed by atoms with Gasteiger partial charge in [0, 0.05) is 27.9 Å². The lowest BCUT2D eigenvalue weighted by atomic mass is 9.91. The van der Waals surface area contributed by atoms with Gasteiger partial charge in [0.05, 0.1) is 4.70 Å². The predicted octanol–water partition coefficient (Wildman–Crippen LogP) is 15.2. The van der Waals surface area contributed by atoms with Gasteiger partial charge >= 0.3 is 0 Å². The third-order valence-corrected chi connectivity index (χ3v) is 12.3. The molecule has 0 spiro atoms. The Balaban J connectivity index is 0.936. The van der Waals surface area contributed by atoms with Gasteiger partial charge in [-0.15, -0.1) is 11.3 Å². The molecule has 0 saturated carbocycles. The van der Waals surface area contributed by atoms with Crippen molar-refractivity contribution in [3.8, 4) is 55.6 Å². The lowest BCUT2D eigenvalue weighted by molar-refractivity contribution is 1.37. The zero-order valence-electron chi connectivity index (χ0n) is 29.9. The van der Waals surface area contributed by atoms with Crippen LogP contribution >= 0.6 is 11.3 Å². The van der Waals surface area contributed by atoms with Crippen molar-refractivity contribution in [3.63, 3.8) is 0 Å². The zero-order chi connectivity index (χ0) is 36.3. The molecule has 0 aliphatic rings. The van der Waals surface area contributed by atoms with Crippen molar-refractivity contribution in [1.29, 1.82) is 0 Å². The Hall–Kier alpha value is -6.87. The van der Waals surface area contributed by atoms with E-state index in [2.05, 4.69) is 193 Å². The molecule has 2 heterocycles. The first-order chi connectivity index (χ1) is 27.2. The van der Waals surface area contributed by atoms with Crippen molar-refractivity contribution >= 4 is 63.8 Å². The van der Waals surface area contributed by atoms with E-state index in [0.29, 0.717) is 0 Å². The summed E-state index contributed by atoms with van der Waals surface area (Å²) in [6.45, 7) is 0. The second-order valence-corrected chi connectivity index (χ2v) is 15.4. The molecule has 1 nitrogen and oxygen atoms in total. The molecule has 2 heteroatoms. The topological polar surface area (TPSA) is 12.9 Å². The summed E-state index contributed by atoms with van der Waals surface area (Å²) in [7, 11) is 0. The van der Waals surface area contributed by atoms with Gasteiger partial charge in [0.25, 0.3) is 0 Å². The fourth-order valence-corrected chi connectivity index (χ4v) is 9.67. The van der Waals surface area contributed by atoms with Gasteiger partial charge in [-0.3, -0.25) is 4.98 Å². The number of hydrogen-bond acceptors (Lipinski definition) is 2. The van der Waals surface area contributed by atoms with Crippen molar-refractivity contribution in [2.75, 3.05) is 0 Å². The zero-order valence-corrected chi connectivity index (χ0v) is 30.7. The van der Waals surface area contributed by atoms with Crippen molar-refractivity contribution in [3.05, 3.63) is 200 Å². The molecule has 2 aromatic heterocycles. The van der Waals surface area contributed by atoms with Crippen LogP contribution in [0.5, 0.6) is 0 Å². The monoisotopic (exact) mass is 715 g/mol. The van der Waals surface area contributed by atoms with Gasteiger partial charge in [0.1, 0.15) is 0 Å². The van der Waals surface area contributed by atoms with Crippen LogP contribution in [0, 0.1) is 0 Å². The Morgan fingerprint density at radius 3 is 1.25 bits per heavy atom. The highest BCUT2D eigenvalue weighted by Crippen LogP contribution is 2.41. The smallest absolute Gasteiger partial charge is 0.0538 e. The van der Waals surface area contributed by atoms with Crippen LogP contribution < -0.4 is 0 Å². The number of nitrogens with zero attached hydrogens (tertiary/aromatic N) is 1. The van der Waals surface area contributed by atoms with Crippen LogP contribution in [0.4, 0.5) is 0 Å². The molecule has 0 bridgehead atoms. The predicted molar refractivity (Wildman–Crippen MR) is 237 cm³/mol. The molecule has 256 valence electrons. The summed E-state index contributed by atoms with van der Waals surface area (Å²) in [6.07, 6.45) is 3.86. The van der Waals surface area contributed by atoms with E-state index < -0.39 is 0 Å². The molecule has 0 unspecified atom stereocenters. The molecule has 0 amide bonds. The number of rotatable bonds is 5. The molecule has 55 heavy (non-hydrogen) atoms. The minimum absolute atomic E-state index is 1.20. The normalized spacial score (nSPS) is 11.6. The fraction of sp³-hybridized carbons (Fsp3) is 0. The maximum absolute atomic E-state index is 4.37. The largest absolute Gasteiger partial charge is 0.263 e. The highest BCUT2D eigenvalue weighted by molar-refractivity contribution is 7.26. The SMILES string of the molecule is c1cc(-c2cccc(-c3cccc(-c4cccc5c4sc4cnccc45)c3)c2)cc(-c2cccc(-c3ccc4c5ccccc5c5ccccc5c4c3)c2)c1. The van der Waals surface area contributed by atoms with E-state index in [0.717, 1.165) is 0 Å². The lowest BCUT2D eigenvalue weighted by Gasteiger charge is -2.13. The van der Waals surface area contributed by atoms with Crippen LogP contribution in [0.3, 0.4) is 0 Å². The van der Waals surface area contributed by atoms with E-state index in [1.807, 2.05) is 23.7 Å². The summed E-state index contributed by atoms with van der Waals surface area (Å²) in [5, 5.41) is 10.3. The average Bonchev–Trinajstić information content (AvgIpc) is 3.66. The Morgan fingerprint density at radius 2 is 0.709 bits per heavy atom. The number of benzene rings is 9. The van der Waals surface area contributed by atoms with Gasteiger partial charge < -0.3 is 0 Å². The molecule has 0 saturated heterocycles. The fourth-order valence-electron chi connectivity index (χ4n) is 8.47. The second kappa shape index (κ2) is 12.9. The molecule has 0 fully saturated rings. The summed E-state index contributed by atoms with van der Waals surface area (Å²) in [5.74, 6) is 0. The van der Waals surface area contributed by atoms with Gasteiger partial charge in [-0.05, 0) is 124 Å². The van der Waals surface area contributed by atoms with Crippen LogP contribution in [-0.2, 0) is 0 Å². The standard InChI is InChI=1S/C53H33NS/c1-2-20-46-44(18-1)45-19-3-4-21-47(45)51-32-41(24-25-48(46)51)39-15-7-13-37(30-39)35-11-5-10-34(28-35)36-12-6-14-38(29-36)40-16-8-17-42(31-40)43-22-9-23-50-49-26-27-54-33-52(49)55-53(43)50/h1-33H. The Bertz CT molecular complexity index is 3240. The third-order valence-electron chi connectivity index (χ3n) is 11.1. The first-order valence-electron chi connectivity index (χ1n) is 18.8. The molecule has 9 aromatic carbocycles. The third kappa shape index (κ3) is 5.42. The van der Waals surface area contributed by atoms with Gasteiger partial charge in [-0.1, -0.05) is 152 Å². The highest BCUT2D eigenvalue weighted by atomic mass is 32.1. The van der Waals surface area contributed by atoms with E-state index in [1.165, 1.54) is 108 Å². The van der Waals surface area contributed by atoms with Crippen molar-refractivity contribution < 1.29 is 0 Å². The lowest BCUT2D eigenvalue weighted by Crippen LogP contribution is -1.86. The second-order valence-electron chi connectivity index (χ2n) is 14.3. The molecule has 0 aliphatic heterocycles. The summed E-state index contributed by atoms with van der Waals surface area (Å²) in [6, 6.07) is 69.1. The number of fused-ring (bicyclic) bond motifs is 9. The maximum atomic E-state index is 4.37. The summed E-state index contributed by atoms with van der Waals surface area (Å²) < 4.78 is 2.53. The number of aromatic nitrogens is 1. The first-order valence-corrected chi connectivity index (χ1v) is 19.6.